The van der Waals surface area contributed by atoms with Gasteiger partial charge in [0.15, 0.2) is 0 Å². The molecule has 7 heteroatoms. The third kappa shape index (κ3) is 2.98. The van der Waals surface area contributed by atoms with Crippen molar-refractivity contribution < 1.29 is 9.72 Å². The summed E-state index contributed by atoms with van der Waals surface area (Å²) in [5, 5.41) is 13.5. The summed E-state index contributed by atoms with van der Waals surface area (Å²) in [7, 11) is 1.63. The normalized spacial score (nSPS) is 15.9. The SMILES string of the molecule is CNC(=O)C1CCN(c2cc(N)cc([N+](=O)[O-])c2)CC1. The van der Waals surface area contributed by atoms with E-state index < -0.39 is 4.92 Å². The number of nitrogens with zero attached hydrogens (tertiary/aromatic N) is 2. The molecule has 1 aliphatic heterocycles. The molecule has 3 N–H and O–H groups in total. The Balaban J connectivity index is 2.10. The first-order chi connectivity index (χ1) is 9.51. The van der Waals surface area contributed by atoms with Crippen molar-refractivity contribution in [3.63, 3.8) is 0 Å². The lowest BCUT2D eigenvalue weighted by atomic mass is 9.95. The molecule has 0 unspecified atom stereocenters. The van der Waals surface area contributed by atoms with Gasteiger partial charge in [-0.15, -0.1) is 0 Å². The Morgan fingerprint density at radius 1 is 1.40 bits per heavy atom. The number of carbonyl (C=O) groups is 1. The maximum atomic E-state index is 11.6. The van der Waals surface area contributed by atoms with Gasteiger partial charge in [0.05, 0.1) is 4.92 Å². The van der Waals surface area contributed by atoms with Crippen LogP contribution in [0.2, 0.25) is 0 Å². The molecule has 0 bridgehead atoms. The Labute approximate surface area is 116 Å². The molecule has 1 aromatic carbocycles. The minimum Gasteiger partial charge on any atom is -0.398 e. The lowest BCUT2D eigenvalue weighted by molar-refractivity contribution is -0.384. The maximum Gasteiger partial charge on any atom is 0.273 e. The number of rotatable bonds is 3. The van der Waals surface area contributed by atoms with E-state index in [1.165, 1.54) is 12.1 Å². The van der Waals surface area contributed by atoms with Crippen LogP contribution in [0.5, 0.6) is 0 Å². The van der Waals surface area contributed by atoms with Gasteiger partial charge < -0.3 is 16.0 Å². The van der Waals surface area contributed by atoms with Crippen LogP contribution in [0.15, 0.2) is 18.2 Å². The molecule has 1 aromatic rings. The van der Waals surface area contributed by atoms with Crippen molar-refractivity contribution in [3.8, 4) is 0 Å². The molecule has 7 nitrogen and oxygen atoms in total. The summed E-state index contributed by atoms with van der Waals surface area (Å²) < 4.78 is 0. The highest BCUT2D eigenvalue weighted by molar-refractivity contribution is 5.78. The first-order valence-corrected chi connectivity index (χ1v) is 6.52. The second-order valence-electron chi connectivity index (χ2n) is 4.92. The highest BCUT2D eigenvalue weighted by atomic mass is 16.6. The average Bonchev–Trinajstić information content (AvgIpc) is 2.46. The largest absolute Gasteiger partial charge is 0.398 e. The van der Waals surface area contributed by atoms with Crippen molar-refractivity contribution in [2.45, 2.75) is 12.8 Å². The molecular weight excluding hydrogens is 260 g/mol. The lowest BCUT2D eigenvalue weighted by Gasteiger charge is -2.32. The minimum absolute atomic E-state index is 0.00609. The number of hydrogen-bond donors (Lipinski definition) is 2. The minimum atomic E-state index is -0.447. The Kier molecular flexibility index (Phi) is 4.07. The van der Waals surface area contributed by atoms with Crippen LogP contribution in [-0.4, -0.2) is 31.0 Å². The van der Waals surface area contributed by atoms with Crippen molar-refractivity contribution >= 4 is 23.0 Å². The summed E-state index contributed by atoms with van der Waals surface area (Å²) in [4.78, 5) is 24.0. The van der Waals surface area contributed by atoms with E-state index in [0.29, 0.717) is 18.8 Å². The number of non-ortho nitro benzene ring substituents is 1. The topological polar surface area (TPSA) is 102 Å². The molecule has 1 saturated heterocycles. The van der Waals surface area contributed by atoms with Crippen LogP contribution in [0.3, 0.4) is 0 Å². The van der Waals surface area contributed by atoms with E-state index in [1.807, 2.05) is 4.90 Å². The molecule has 20 heavy (non-hydrogen) atoms. The van der Waals surface area contributed by atoms with Gasteiger partial charge in [-0.2, -0.15) is 0 Å². The predicted molar refractivity (Wildman–Crippen MR) is 76.5 cm³/mol. The maximum absolute atomic E-state index is 11.6. The van der Waals surface area contributed by atoms with Gasteiger partial charge in [0.25, 0.3) is 5.69 Å². The number of benzene rings is 1. The first kappa shape index (κ1) is 14.1. The number of amides is 1. The van der Waals surface area contributed by atoms with Crippen LogP contribution in [0, 0.1) is 16.0 Å². The van der Waals surface area contributed by atoms with Gasteiger partial charge in [0.1, 0.15) is 0 Å². The number of nitrogens with one attached hydrogen (secondary N) is 1. The summed E-state index contributed by atoms with van der Waals surface area (Å²) in [6.45, 7) is 1.39. The van der Waals surface area contributed by atoms with Crippen LogP contribution in [-0.2, 0) is 4.79 Å². The standard InChI is InChI=1S/C13H18N4O3/c1-15-13(18)9-2-4-16(5-3-9)11-6-10(14)7-12(8-11)17(19)20/h6-9H,2-5,14H2,1H3,(H,15,18). The Morgan fingerprint density at radius 2 is 2.05 bits per heavy atom. The van der Waals surface area contributed by atoms with Crippen LogP contribution >= 0.6 is 0 Å². The lowest BCUT2D eigenvalue weighted by Crippen LogP contribution is -2.39. The summed E-state index contributed by atoms with van der Waals surface area (Å²) in [5.74, 6) is 0.0792. The smallest absolute Gasteiger partial charge is 0.273 e. The van der Waals surface area contributed by atoms with Gasteiger partial charge in [-0.3, -0.25) is 14.9 Å². The van der Waals surface area contributed by atoms with Crippen molar-refractivity contribution in [1.82, 2.24) is 5.32 Å². The Bertz CT molecular complexity index is 524. The van der Waals surface area contributed by atoms with Crippen LogP contribution in [0.1, 0.15) is 12.8 Å². The number of nitrogen functional groups attached to an aromatic ring is 1. The van der Waals surface area contributed by atoms with E-state index in [-0.39, 0.29) is 17.5 Å². The van der Waals surface area contributed by atoms with Crippen molar-refractivity contribution in [3.05, 3.63) is 28.3 Å². The fraction of sp³-hybridized carbons (Fsp3) is 0.462. The Morgan fingerprint density at radius 3 is 2.60 bits per heavy atom. The average molecular weight is 278 g/mol. The molecule has 0 radical (unpaired) electrons. The number of carbonyl (C=O) groups excluding carboxylic acids is 1. The summed E-state index contributed by atoms with van der Waals surface area (Å²) in [6.07, 6.45) is 1.48. The number of piperidine rings is 1. The quantitative estimate of drug-likeness (QED) is 0.490. The third-order valence-electron chi connectivity index (χ3n) is 3.61. The molecule has 2 rings (SSSR count). The highest BCUT2D eigenvalue weighted by Gasteiger charge is 2.25. The molecule has 0 saturated carbocycles. The molecular formula is C13H18N4O3. The third-order valence-corrected chi connectivity index (χ3v) is 3.61. The van der Waals surface area contributed by atoms with Gasteiger partial charge in [-0.05, 0) is 18.9 Å². The first-order valence-electron chi connectivity index (χ1n) is 6.52. The van der Waals surface area contributed by atoms with Crippen LogP contribution in [0.4, 0.5) is 17.1 Å². The monoisotopic (exact) mass is 278 g/mol. The van der Waals surface area contributed by atoms with Crippen LogP contribution < -0.4 is 16.0 Å². The van der Waals surface area contributed by atoms with E-state index in [9.17, 15) is 14.9 Å². The van der Waals surface area contributed by atoms with E-state index in [2.05, 4.69) is 5.32 Å². The van der Waals surface area contributed by atoms with E-state index in [0.717, 1.165) is 18.5 Å². The van der Waals surface area contributed by atoms with Crippen LogP contribution in [0.25, 0.3) is 0 Å². The molecule has 1 amide bonds. The zero-order valence-electron chi connectivity index (χ0n) is 11.3. The molecule has 1 aliphatic rings. The van der Waals surface area contributed by atoms with E-state index in [1.54, 1.807) is 13.1 Å². The fourth-order valence-electron chi connectivity index (χ4n) is 2.51. The van der Waals surface area contributed by atoms with E-state index >= 15 is 0 Å². The molecule has 108 valence electrons. The number of nitro groups is 1. The van der Waals surface area contributed by atoms with Gasteiger partial charge in [0, 0.05) is 49.6 Å². The van der Waals surface area contributed by atoms with Crippen molar-refractivity contribution in [2.24, 2.45) is 5.92 Å². The fourth-order valence-corrected chi connectivity index (χ4v) is 2.51. The van der Waals surface area contributed by atoms with Gasteiger partial charge in [-0.1, -0.05) is 0 Å². The Hall–Kier alpha value is -2.31. The molecule has 0 spiro atoms. The molecule has 0 atom stereocenters. The van der Waals surface area contributed by atoms with Crippen molar-refractivity contribution in [2.75, 3.05) is 30.8 Å². The second kappa shape index (κ2) is 5.77. The number of nitro benzene ring substituents is 1. The van der Waals surface area contributed by atoms with Crippen molar-refractivity contribution in [1.29, 1.82) is 0 Å². The zero-order chi connectivity index (χ0) is 14.7. The van der Waals surface area contributed by atoms with E-state index in [4.69, 9.17) is 5.73 Å². The molecule has 1 fully saturated rings. The summed E-state index contributed by atoms with van der Waals surface area (Å²) >= 11 is 0. The summed E-state index contributed by atoms with van der Waals surface area (Å²) in [6, 6.07) is 4.60. The van der Waals surface area contributed by atoms with Gasteiger partial charge in [-0.25, -0.2) is 0 Å². The number of anilines is 2. The number of nitrogens with two attached hydrogens (primary N) is 1. The molecule has 1 heterocycles. The summed E-state index contributed by atoms with van der Waals surface area (Å²) in [5.41, 5.74) is 6.82. The zero-order valence-corrected chi connectivity index (χ0v) is 11.3. The highest BCUT2D eigenvalue weighted by Crippen LogP contribution is 2.28. The molecule has 0 aromatic heterocycles. The molecule has 0 aliphatic carbocycles. The van der Waals surface area contributed by atoms with Gasteiger partial charge in [0.2, 0.25) is 5.91 Å². The number of hydrogen-bond acceptors (Lipinski definition) is 5. The van der Waals surface area contributed by atoms with Gasteiger partial charge >= 0.3 is 0 Å². The predicted octanol–water partition coefficient (Wildman–Crippen LogP) is 1.14. The second-order valence-corrected chi connectivity index (χ2v) is 4.92.